The summed E-state index contributed by atoms with van der Waals surface area (Å²) >= 11 is 0. The third-order valence-electron chi connectivity index (χ3n) is 5.61. The van der Waals surface area contributed by atoms with E-state index in [0.29, 0.717) is 27.8 Å². The lowest BCUT2D eigenvalue weighted by Crippen LogP contribution is -2.18. The van der Waals surface area contributed by atoms with E-state index in [1.165, 1.54) is 6.20 Å². The van der Waals surface area contributed by atoms with Gasteiger partial charge in [-0.3, -0.25) is 14.8 Å². The highest BCUT2D eigenvalue weighted by atomic mass is 16.1. The number of fused-ring (bicyclic) bond motifs is 1. The number of nitrogens with two attached hydrogens (primary N) is 1. The van der Waals surface area contributed by atoms with Gasteiger partial charge in [0.25, 0.3) is 5.91 Å². The van der Waals surface area contributed by atoms with Gasteiger partial charge in [0.15, 0.2) is 0 Å². The fourth-order valence-electron chi connectivity index (χ4n) is 3.56. The van der Waals surface area contributed by atoms with Gasteiger partial charge in [0, 0.05) is 40.8 Å². The van der Waals surface area contributed by atoms with Gasteiger partial charge in [-0.15, -0.1) is 0 Å². The van der Waals surface area contributed by atoms with Crippen LogP contribution in [0.5, 0.6) is 0 Å². The minimum Gasteiger partial charge on any atom is -0.383 e. The van der Waals surface area contributed by atoms with Crippen LogP contribution in [0.25, 0.3) is 22.0 Å². The van der Waals surface area contributed by atoms with Crippen LogP contribution in [0.3, 0.4) is 0 Å². The molecule has 3 N–H and O–H groups in total. The Labute approximate surface area is 196 Å². The van der Waals surface area contributed by atoms with Crippen LogP contribution in [0.2, 0.25) is 0 Å². The summed E-state index contributed by atoms with van der Waals surface area (Å²) < 4.78 is 0. The van der Waals surface area contributed by atoms with Gasteiger partial charge in [-0.05, 0) is 62.2 Å². The van der Waals surface area contributed by atoms with Crippen molar-refractivity contribution in [1.82, 2.24) is 15.0 Å². The summed E-state index contributed by atoms with van der Waals surface area (Å²) in [5.74, 6) is -0.157. The number of hydrogen-bond donors (Lipinski definition) is 2. The number of nitrogens with zero attached hydrogens (tertiary/aromatic N) is 5. The van der Waals surface area contributed by atoms with Crippen LogP contribution >= 0.6 is 0 Å². The van der Waals surface area contributed by atoms with Gasteiger partial charge in [-0.1, -0.05) is 6.07 Å². The smallest absolute Gasteiger partial charge is 0.255 e. The van der Waals surface area contributed by atoms with Crippen molar-refractivity contribution in [2.75, 3.05) is 11.1 Å². The first-order valence-corrected chi connectivity index (χ1v) is 10.5. The lowest BCUT2D eigenvalue weighted by atomic mass is 9.90. The van der Waals surface area contributed by atoms with Crippen LogP contribution in [-0.4, -0.2) is 20.9 Å². The fraction of sp³-hybridized carbons (Fsp3) is 0.154. The SMILES string of the molecule is Cc1ccc(NC(=O)c2ccnc(C(C)(C)C#N)c2)cc1-c1cnc2c(C#N)c(N)ncc2c1. The number of rotatable bonds is 4. The number of hydrogen-bond acceptors (Lipinski definition) is 7. The summed E-state index contributed by atoms with van der Waals surface area (Å²) in [6.45, 7) is 5.47. The van der Waals surface area contributed by atoms with E-state index in [1.807, 2.05) is 31.2 Å². The minimum atomic E-state index is -0.804. The summed E-state index contributed by atoms with van der Waals surface area (Å²) in [6, 6.07) is 15.0. The molecule has 4 aromatic rings. The zero-order valence-corrected chi connectivity index (χ0v) is 18.9. The quantitative estimate of drug-likeness (QED) is 0.469. The van der Waals surface area contributed by atoms with Crippen molar-refractivity contribution in [3.05, 3.63) is 77.4 Å². The van der Waals surface area contributed by atoms with Gasteiger partial charge in [0.2, 0.25) is 0 Å². The molecule has 0 fully saturated rings. The lowest BCUT2D eigenvalue weighted by Gasteiger charge is -2.15. The molecule has 3 aromatic heterocycles. The van der Waals surface area contributed by atoms with Crippen LogP contribution < -0.4 is 11.1 Å². The Balaban J connectivity index is 1.67. The van der Waals surface area contributed by atoms with Crippen LogP contribution in [0.4, 0.5) is 11.5 Å². The second-order valence-electron chi connectivity index (χ2n) is 8.44. The highest BCUT2D eigenvalue weighted by Crippen LogP contribution is 2.30. The summed E-state index contributed by atoms with van der Waals surface area (Å²) in [6.07, 6.45) is 4.79. The predicted octanol–water partition coefficient (Wildman–Crippen LogP) is 4.51. The molecule has 3 heterocycles. The Morgan fingerprint density at radius 3 is 2.59 bits per heavy atom. The van der Waals surface area contributed by atoms with E-state index in [4.69, 9.17) is 5.73 Å². The van der Waals surface area contributed by atoms with Crippen LogP contribution in [0, 0.1) is 29.6 Å². The van der Waals surface area contributed by atoms with Gasteiger partial charge in [-0.2, -0.15) is 10.5 Å². The van der Waals surface area contributed by atoms with Crippen LogP contribution in [0.1, 0.15) is 41.0 Å². The molecule has 34 heavy (non-hydrogen) atoms. The summed E-state index contributed by atoms with van der Waals surface area (Å²) in [5, 5.41) is 22.3. The van der Waals surface area contributed by atoms with Crippen molar-refractivity contribution in [3.63, 3.8) is 0 Å². The summed E-state index contributed by atoms with van der Waals surface area (Å²) in [5.41, 5.74) is 9.97. The highest BCUT2D eigenvalue weighted by molar-refractivity contribution is 6.04. The number of nitrogens with one attached hydrogen (secondary N) is 1. The molecular formula is C26H21N7O. The van der Waals surface area contributed by atoms with E-state index >= 15 is 0 Å². The number of nitrogen functional groups attached to an aromatic ring is 1. The van der Waals surface area contributed by atoms with Gasteiger partial charge < -0.3 is 11.1 Å². The molecule has 0 aliphatic heterocycles. The number of carbonyl (C=O) groups excluding carboxylic acids is 1. The highest BCUT2D eigenvalue weighted by Gasteiger charge is 2.22. The van der Waals surface area contributed by atoms with Crippen molar-refractivity contribution in [2.24, 2.45) is 0 Å². The van der Waals surface area contributed by atoms with Crippen LogP contribution in [-0.2, 0) is 5.41 Å². The standard InChI is InChI=1S/C26H21N7O/c1-15-4-5-19(33-25(34)16-6-7-30-22(9-16)26(2,3)14-28)10-20(15)17-8-18-13-32-24(29)21(11-27)23(18)31-12-17/h4-10,12-13H,1-3H3,(H2,29,32)(H,33,34). The Morgan fingerprint density at radius 1 is 1.06 bits per heavy atom. The van der Waals surface area contributed by atoms with Gasteiger partial charge in [0.05, 0.1) is 22.7 Å². The van der Waals surface area contributed by atoms with Gasteiger partial charge in [-0.25, -0.2) is 4.98 Å². The monoisotopic (exact) mass is 447 g/mol. The number of anilines is 2. The number of nitriles is 2. The Morgan fingerprint density at radius 2 is 1.85 bits per heavy atom. The minimum absolute atomic E-state index is 0.147. The second kappa shape index (κ2) is 8.61. The first-order chi connectivity index (χ1) is 16.2. The number of amides is 1. The fourth-order valence-corrected chi connectivity index (χ4v) is 3.56. The molecule has 0 aliphatic rings. The number of benzene rings is 1. The molecule has 0 radical (unpaired) electrons. The third-order valence-corrected chi connectivity index (χ3v) is 5.61. The Hall–Kier alpha value is -4.82. The molecule has 1 aromatic carbocycles. The molecule has 0 spiro atoms. The maximum atomic E-state index is 12.9. The van der Waals surface area contributed by atoms with E-state index in [2.05, 4.69) is 32.4 Å². The molecule has 0 bridgehead atoms. The molecule has 8 nitrogen and oxygen atoms in total. The van der Waals surface area contributed by atoms with E-state index in [1.54, 1.807) is 38.4 Å². The lowest BCUT2D eigenvalue weighted by molar-refractivity contribution is 0.102. The number of aromatic nitrogens is 3. The predicted molar refractivity (Wildman–Crippen MR) is 130 cm³/mol. The first kappa shape index (κ1) is 22.4. The molecule has 0 saturated heterocycles. The van der Waals surface area contributed by atoms with Crippen LogP contribution in [0.15, 0.2) is 55.0 Å². The van der Waals surface area contributed by atoms with Gasteiger partial charge in [0.1, 0.15) is 17.5 Å². The second-order valence-corrected chi connectivity index (χ2v) is 8.44. The maximum Gasteiger partial charge on any atom is 0.255 e. The molecule has 0 saturated carbocycles. The molecule has 0 atom stereocenters. The number of pyridine rings is 3. The number of carbonyl (C=O) groups is 1. The molecule has 1 amide bonds. The Bertz CT molecular complexity index is 1530. The molecular weight excluding hydrogens is 426 g/mol. The van der Waals surface area contributed by atoms with Gasteiger partial charge >= 0.3 is 0 Å². The number of aryl methyl sites for hydroxylation is 1. The first-order valence-electron chi connectivity index (χ1n) is 10.5. The summed E-state index contributed by atoms with van der Waals surface area (Å²) in [4.78, 5) is 25.7. The topological polar surface area (TPSA) is 141 Å². The third kappa shape index (κ3) is 4.13. The van der Waals surface area contributed by atoms with E-state index in [9.17, 15) is 15.3 Å². The van der Waals surface area contributed by atoms with Crippen molar-refractivity contribution in [1.29, 1.82) is 10.5 Å². The average Bonchev–Trinajstić information content (AvgIpc) is 2.85. The van der Waals surface area contributed by atoms with E-state index in [-0.39, 0.29) is 17.3 Å². The molecule has 0 aliphatic carbocycles. The summed E-state index contributed by atoms with van der Waals surface area (Å²) in [7, 11) is 0. The van der Waals surface area contributed by atoms with E-state index < -0.39 is 5.41 Å². The molecule has 4 rings (SSSR count). The zero-order valence-electron chi connectivity index (χ0n) is 18.9. The van der Waals surface area contributed by atoms with Crippen molar-refractivity contribution in [2.45, 2.75) is 26.2 Å². The molecule has 0 unspecified atom stereocenters. The largest absolute Gasteiger partial charge is 0.383 e. The van der Waals surface area contributed by atoms with Crippen molar-refractivity contribution < 1.29 is 4.79 Å². The maximum absolute atomic E-state index is 12.9. The molecule has 8 heteroatoms. The Kier molecular flexibility index (Phi) is 5.66. The normalized spacial score (nSPS) is 11.0. The molecule has 166 valence electrons. The van der Waals surface area contributed by atoms with Crippen molar-refractivity contribution in [3.8, 4) is 23.3 Å². The zero-order chi connectivity index (χ0) is 24.5. The van der Waals surface area contributed by atoms with E-state index in [0.717, 1.165) is 16.7 Å². The van der Waals surface area contributed by atoms with Crippen molar-refractivity contribution >= 4 is 28.3 Å². The average molecular weight is 448 g/mol.